The Kier molecular flexibility index (Phi) is 4.06. The van der Waals surface area contributed by atoms with Crippen molar-refractivity contribution in [3.63, 3.8) is 0 Å². The van der Waals surface area contributed by atoms with E-state index in [-0.39, 0.29) is 11.9 Å². The maximum atomic E-state index is 11.9. The van der Waals surface area contributed by atoms with Crippen LogP contribution < -0.4 is 5.32 Å². The number of H-pyrrole nitrogens is 1. The molecule has 2 aromatic rings. The molecule has 100 valence electrons. The van der Waals surface area contributed by atoms with Crippen molar-refractivity contribution < 1.29 is 4.79 Å². The van der Waals surface area contributed by atoms with Gasteiger partial charge in [0.05, 0.1) is 6.54 Å². The van der Waals surface area contributed by atoms with Crippen LogP contribution in [0.2, 0.25) is 0 Å². The van der Waals surface area contributed by atoms with Crippen molar-refractivity contribution in [1.29, 1.82) is 0 Å². The molecule has 2 aromatic heterocycles. The van der Waals surface area contributed by atoms with Gasteiger partial charge in [-0.05, 0) is 38.2 Å². The van der Waals surface area contributed by atoms with Crippen molar-refractivity contribution in [3.05, 3.63) is 40.7 Å². The summed E-state index contributed by atoms with van der Waals surface area (Å²) in [5, 5.41) is 9.62. The lowest BCUT2D eigenvalue weighted by Crippen LogP contribution is -2.25. The first-order chi connectivity index (χ1) is 9.09. The van der Waals surface area contributed by atoms with Crippen LogP contribution in [0, 0.1) is 4.77 Å². The number of pyridine rings is 1. The number of aromatic nitrogens is 4. The molecule has 2 heterocycles. The summed E-state index contributed by atoms with van der Waals surface area (Å²) >= 11 is 5.14. The zero-order valence-corrected chi connectivity index (χ0v) is 11.6. The number of rotatable bonds is 4. The predicted octanol–water partition coefficient (Wildman–Crippen LogP) is 1.85. The smallest absolute Gasteiger partial charge is 0.270 e. The van der Waals surface area contributed by atoms with Gasteiger partial charge in [0.1, 0.15) is 5.69 Å². The van der Waals surface area contributed by atoms with Crippen molar-refractivity contribution in [3.8, 4) is 0 Å². The normalized spacial score (nSPS) is 10.7. The van der Waals surface area contributed by atoms with E-state index in [1.165, 1.54) is 0 Å². The highest BCUT2D eigenvalue weighted by molar-refractivity contribution is 7.71. The van der Waals surface area contributed by atoms with Crippen LogP contribution in [-0.2, 0) is 6.54 Å². The average Bonchev–Trinajstić information content (AvgIpc) is 2.78. The number of nitrogens with one attached hydrogen (secondary N) is 2. The summed E-state index contributed by atoms with van der Waals surface area (Å²) in [6.45, 7) is 4.32. The van der Waals surface area contributed by atoms with E-state index in [9.17, 15) is 4.79 Å². The van der Waals surface area contributed by atoms with Crippen molar-refractivity contribution in [2.45, 2.75) is 26.4 Å². The van der Waals surface area contributed by atoms with E-state index in [1.807, 2.05) is 18.4 Å². The van der Waals surface area contributed by atoms with Crippen molar-refractivity contribution >= 4 is 18.1 Å². The number of aromatic amines is 1. The Hall–Kier alpha value is -2.02. The van der Waals surface area contributed by atoms with Crippen molar-refractivity contribution in [2.75, 3.05) is 0 Å². The highest BCUT2D eigenvalue weighted by Crippen LogP contribution is 2.08. The van der Waals surface area contributed by atoms with E-state index in [0.29, 0.717) is 22.8 Å². The van der Waals surface area contributed by atoms with Crippen LogP contribution in [0.3, 0.4) is 0 Å². The first-order valence-corrected chi connectivity index (χ1v) is 6.35. The number of hydrogen-bond donors (Lipinski definition) is 2. The van der Waals surface area contributed by atoms with E-state index < -0.39 is 0 Å². The van der Waals surface area contributed by atoms with Crippen LogP contribution >= 0.6 is 12.2 Å². The molecule has 2 N–H and O–H groups in total. The molecule has 0 saturated heterocycles. The topological polar surface area (TPSA) is 75.6 Å². The lowest BCUT2D eigenvalue weighted by molar-refractivity contribution is 0.0944. The molecule has 0 saturated carbocycles. The molecule has 0 aromatic carbocycles. The van der Waals surface area contributed by atoms with Crippen LogP contribution in [0.15, 0.2) is 24.4 Å². The van der Waals surface area contributed by atoms with E-state index in [0.717, 1.165) is 0 Å². The molecule has 0 unspecified atom stereocenters. The number of hydrogen-bond acceptors (Lipinski definition) is 4. The second-order valence-electron chi connectivity index (χ2n) is 4.31. The average molecular weight is 277 g/mol. The van der Waals surface area contributed by atoms with Gasteiger partial charge in [-0.2, -0.15) is 5.10 Å². The van der Waals surface area contributed by atoms with Crippen LogP contribution in [0.4, 0.5) is 0 Å². The molecule has 0 aliphatic rings. The maximum Gasteiger partial charge on any atom is 0.270 e. The van der Waals surface area contributed by atoms with Crippen molar-refractivity contribution in [1.82, 2.24) is 25.1 Å². The molecule has 2 rings (SSSR count). The molecule has 0 aliphatic heterocycles. The molecule has 7 heteroatoms. The molecule has 0 aliphatic carbocycles. The van der Waals surface area contributed by atoms with Gasteiger partial charge >= 0.3 is 0 Å². The van der Waals surface area contributed by atoms with Gasteiger partial charge in [-0.15, -0.1) is 0 Å². The molecule has 19 heavy (non-hydrogen) atoms. The van der Waals surface area contributed by atoms with Gasteiger partial charge in [0, 0.05) is 12.2 Å². The minimum Gasteiger partial charge on any atom is -0.343 e. The van der Waals surface area contributed by atoms with Crippen LogP contribution in [-0.4, -0.2) is 25.7 Å². The Morgan fingerprint density at radius 2 is 2.32 bits per heavy atom. The molecule has 0 spiro atoms. The van der Waals surface area contributed by atoms with Gasteiger partial charge in [-0.1, -0.05) is 6.07 Å². The number of amides is 1. The second-order valence-corrected chi connectivity index (χ2v) is 4.69. The SMILES string of the molecule is CC(C)n1c(CNC(=O)c2ccccn2)n[nH]c1=S. The van der Waals surface area contributed by atoms with Crippen LogP contribution in [0.1, 0.15) is 36.2 Å². The Labute approximate surface area is 115 Å². The minimum atomic E-state index is -0.232. The summed E-state index contributed by atoms with van der Waals surface area (Å²) in [6.07, 6.45) is 1.58. The molecular weight excluding hydrogens is 262 g/mol. The predicted molar refractivity (Wildman–Crippen MR) is 73.2 cm³/mol. The first-order valence-electron chi connectivity index (χ1n) is 5.94. The Morgan fingerprint density at radius 1 is 1.53 bits per heavy atom. The highest BCUT2D eigenvalue weighted by atomic mass is 32.1. The fourth-order valence-corrected chi connectivity index (χ4v) is 2.10. The van der Waals surface area contributed by atoms with Gasteiger partial charge in [0.25, 0.3) is 5.91 Å². The van der Waals surface area contributed by atoms with E-state index >= 15 is 0 Å². The van der Waals surface area contributed by atoms with Crippen LogP contribution in [0.5, 0.6) is 0 Å². The fraction of sp³-hybridized carbons (Fsp3) is 0.333. The van der Waals surface area contributed by atoms with Gasteiger partial charge in [0.2, 0.25) is 0 Å². The third-order valence-electron chi connectivity index (χ3n) is 2.60. The fourth-order valence-electron chi connectivity index (χ4n) is 1.74. The lowest BCUT2D eigenvalue weighted by Gasteiger charge is -2.10. The largest absolute Gasteiger partial charge is 0.343 e. The number of carbonyl (C=O) groups excluding carboxylic acids is 1. The molecule has 0 atom stereocenters. The highest BCUT2D eigenvalue weighted by Gasteiger charge is 2.11. The van der Waals surface area contributed by atoms with E-state index in [1.54, 1.807) is 24.4 Å². The molecule has 6 nitrogen and oxygen atoms in total. The molecule has 0 bridgehead atoms. The molecule has 0 fully saturated rings. The van der Waals surface area contributed by atoms with Crippen LogP contribution in [0.25, 0.3) is 0 Å². The monoisotopic (exact) mass is 277 g/mol. The zero-order chi connectivity index (χ0) is 13.8. The van der Waals surface area contributed by atoms with Gasteiger partial charge in [-0.3, -0.25) is 14.9 Å². The van der Waals surface area contributed by atoms with E-state index in [4.69, 9.17) is 12.2 Å². The summed E-state index contributed by atoms with van der Waals surface area (Å²) in [7, 11) is 0. The number of nitrogens with zero attached hydrogens (tertiary/aromatic N) is 3. The summed E-state index contributed by atoms with van der Waals surface area (Å²) in [5.41, 5.74) is 0.382. The Bertz CT molecular complexity index is 617. The van der Waals surface area contributed by atoms with Gasteiger partial charge in [-0.25, -0.2) is 0 Å². The maximum absolute atomic E-state index is 11.9. The third-order valence-corrected chi connectivity index (χ3v) is 2.89. The minimum absolute atomic E-state index is 0.188. The summed E-state index contributed by atoms with van der Waals surface area (Å²) < 4.78 is 2.42. The summed E-state index contributed by atoms with van der Waals surface area (Å²) in [5.74, 6) is 0.467. The van der Waals surface area contributed by atoms with Gasteiger partial charge < -0.3 is 9.88 Å². The van der Waals surface area contributed by atoms with Gasteiger partial charge in [0.15, 0.2) is 10.6 Å². The second kappa shape index (κ2) is 5.75. The quantitative estimate of drug-likeness (QED) is 0.836. The third kappa shape index (κ3) is 3.05. The first kappa shape index (κ1) is 13.4. The molecular formula is C12H15N5OS. The molecule has 0 radical (unpaired) electrons. The summed E-state index contributed by atoms with van der Waals surface area (Å²) in [4.78, 5) is 15.8. The number of carbonyl (C=O) groups is 1. The Morgan fingerprint density at radius 3 is 2.95 bits per heavy atom. The Balaban J connectivity index is 2.08. The van der Waals surface area contributed by atoms with E-state index in [2.05, 4.69) is 20.5 Å². The summed E-state index contributed by atoms with van der Waals surface area (Å²) in [6, 6.07) is 5.38. The van der Waals surface area contributed by atoms with Crippen molar-refractivity contribution in [2.24, 2.45) is 0 Å². The zero-order valence-electron chi connectivity index (χ0n) is 10.8. The lowest BCUT2D eigenvalue weighted by atomic mass is 10.3. The molecule has 1 amide bonds. The standard InChI is InChI=1S/C12H15N5OS/c1-8(2)17-10(15-16-12(17)19)7-14-11(18)9-5-3-4-6-13-9/h3-6,8H,7H2,1-2H3,(H,14,18)(H,16,19).